The molecule has 21 heavy (non-hydrogen) atoms. The van der Waals surface area contributed by atoms with Crippen LogP contribution in [0.2, 0.25) is 0 Å². The van der Waals surface area contributed by atoms with Gasteiger partial charge in [0.2, 0.25) is 0 Å². The summed E-state index contributed by atoms with van der Waals surface area (Å²) in [4.78, 5) is 0. The van der Waals surface area contributed by atoms with Crippen LogP contribution in [0.5, 0.6) is 11.5 Å². The molecule has 2 aromatic rings. The van der Waals surface area contributed by atoms with E-state index in [0.29, 0.717) is 22.0 Å². The van der Waals surface area contributed by atoms with Crippen LogP contribution >= 0.6 is 15.9 Å². The normalized spacial score (nSPS) is 12.2. The van der Waals surface area contributed by atoms with E-state index in [0.717, 1.165) is 13.0 Å². The highest BCUT2D eigenvalue weighted by atomic mass is 79.9. The van der Waals surface area contributed by atoms with E-state index in [1.165, 1.54) is 11.6 Å². The van der Waals surface area contributed by atoms with Crippen molar-refractivity contribution in [3.63, 3.8) is 0 Å². The van der Waals surface area contributed by atoms with Crippen LogP contribution in [-0.4, -0.2) is 6.54 Å². The van der Waals surface area contributed by atoms with Gasteiger partial charge in [0.05, 0.1) is 4.47 Å². The maximum Gasteiger partial charge on any atom is 0.141 e. The summed E-state index contributed by atoms with van der Waals surface area (Å²) < 4.78 is 19.5. The fourth-order valence-electron chi connectivity index (χ4n) is 1.98. The Morgan fingerprint density at radius 1 is 1.14 bits per heavy atom. The molecule has 1 unspecified atom stereocenters. The zero-order valence-electron chi connectivity index (χ0n) is 12.2. The number of ether oxygens (including phenoxy) is 1. The largest absolute Gasteiger partial charge is 0.457 e. The smallest absolute Gasteiger partial charge is 0.141 e. The van der Waals surface area contributed by atoms with Crippen LogP contribution in [0.3, 0.4) is 0 Å². The summed E-state index contributed by atoms with van der Waals surface area (Å²) in [5.41, 5.74) is 1.21. The third kappa shape index (κ3) is 4.55. The van der Waals surface area contributed by atoms with Crippen LogP contribution in [0.15, 0.2) is 46.9 Å². The van der Waals surface area contributed by atoms with E-state index < -0.39 is 0 Å². The zero-order valence-corrected chi connectivity index (χ0v) is 13.8. The lowest BCUT2D eigenvalue weighted by Crippen LogP contribution is -2.19. The predicted octanol–water partition coefficient (Wildman–Crippen LogP) is 5.44. The van der Waals surface area contributed by atoms with E-state index in [-0.39, 0.29) is 5.82 Å². The molecular formula is C17H19BrFNO. The Hall–Kier alpha value is -1.39. The second-order valence-electron chi connectivity index (χ2n) is 4.92. The molecule has 4 heteroatoms. The molecule has 0 heterocycles. The topological polar surface area (TPSA) is 21.3 Å². The first-order valence-corrected chi connectivity index (χ1v) is 7.85. The van der Waals surface area contributed by atoms with Gasteiger partial charge in [-0.2, -0.15) is 0 Å². The molecule has 0 bridgehead atoms. The summed E-state index contributed by atoms with van der Waals surface area (Å²) in [5, 5.41) is 3.44. The Kier molecular flexibility index (Phi) is 5.76. The summed E-state index contributed by atoms with van der Waals surface area (Å²) in [6.45, 7) is 5.28. The Morgan fingerprint density at radius 2 is 1.81 bits per heavy atom. The molecule has 2 nitrogen and oxygen atoms in total. The number of benzene rings is 2. The van der Waals surface area contributed by atoms with Crippen LogP contribution in [0.25, 0.3) is 0 Å². The maximum atomic E-state index is 13.4. The van der Waals surface area contributed by atoms with Crippen molar-refractivity contribution in [1.29, 1.82) is 0 Å². The number of hydrogen-bond acceptors (Lipinski definition) is 2. The highest BCUT2D eigenvalue weighted by molar-refractivity contribution is 9.10. The van der Waals surface area contributed by atoms with Gasteiger partial charge < -0.3 is 10.1 Å². The van der Waals surface area contributed by atoms with Gasteiger partial charge in [-0.3, -0.25) is 0 Å². The molecule has 1 N–H and O–H groups in total. The van der Waals surface area contributed by atoms with Crippen molar-refractivity contribution in [3.05, 3.63) is 58.3 Å². The number of nitrogens with one attached hydrogen (secondary N) is 1. The van der Waals surface area contributed by atoms with Gasteiger partial charge in [-0.1, -0.05) is 19.1 Å². The number of halogens is 2. The molecule has 0 saturated carbocycles. The van der Waals surface area contributed by atoms with E-state index >= 15 is 0 Å². The molecule has 0 fully saturated rings. The van der Waals surface area contributed by atoms with Crippen LogP contribution in [0.1, 0.15) is 31.9 Å². The molecule has 112 valence electrons. The number of rotatable bonds is 6. The first-order valence-electron chi connectivity index (χ1n) is 7.06. The molecule has 0 aliphatic carbocycles. The van der Waals surface area contributed by atoms with Crippen molar-refractivity contribution < 1.29 is 9.13 Å². The molecule has 1 atom stereocenters. The molecule has 0 aliphatic heterocycles. The molecule has 0 saturated heterocycles. The van der Waals surface area contributed by atoms with Crippen molar-refractivity contribution in [2.45, 2.75) is 26.3 Å². The Labute approximate surface area is 133 Å². The summed E-state index contributed by atoms with van der Waals surface area (Å²) >= 11 is 3.12. The predicted molar refractivity (Wildman–Crippen MR) is 87.3 cm³/mol. The van der Waals surface area contributed by atoms with E-state index in [4.69, 9.17) is 4.74 Å². The molecule has 0 spiro atoms. The molecule has 0 amide bonds. The third-order valence-corrected chi connectivity index (χ3v) is 3.85. The summed E-state index contributed by atoms with van der Waals surface area (Å²) in [5.74, 6) is 0.852. The minimum Gasteiger partial charge on any atom is -0.457 e. The van der Waals surface area contributed by atoms with Crippen molar-refractivity contribution in [1.82, 2.24) is 5.32 Å². The molecule has 2 rings (SSSR count). The first kappa shape index (κ1) is 16.0. The second kappa shape index (κ2) is 7.57. The minimum atomic E-state index is -0.332. The lowest BCUT2D eigenvalue weighted by Gasteiger charge is -2.14. The number of hydrogen-bond donors (Lipinski definition) is 1. The average molecular weight is 352 g/mol. The standard InChI is InChI=1S/C17H19BrFNO/c1-3-10-20-12(2)13-4-6-14(7-5-13)21-15-8-9-16(18)17(19)11-15/h4-9,11-12,20H,3,10H2,1-2H3. The van der Waals surface area contributed by atoms with Gasteiger partial charge in [0.15, 0.2) is 0 Å². The van der Waals surface area contributed by atoms with Gasteiger partial charge in [-0.15, -0.1) is 0 Å². The lowest BCUT2D eigenvalue weighted by atomic mass is 10.1. The van der Waals surface area contributed by atoms with Crippen LogP contribution < -0.4 is 10.1 Å². The Balaban J connectivity index is 2.03. The van der Waals surface area contributed by atoms with E-state index in [1.54, 1.807) is 12.1 Å². The van der Waals surface area contributed by atoms with Crippen LogP contribution in [0, 0.1) is 5.82 Å². The minimum absolute atomic E-state index is 0.309. The van der Waals surface area contributed by atoms with Crippen molar-refractivity contribution in [2.75, 3.05) is 6.54 Å². The Morgan fingerprint density at radius 3 is 2.43 bits per heavy atom. The zero-order chi connectivity index (χ0) is 15.2. The molecular weight excluding hydrogens is 333 g/mol. The van der Waals surface area contributed by atoms with Gasteiger partial charge in [0, 0.05) is 12.1 Å². The fourth-order valence-corrected chi connectivity index (χ4v) is 2.23. The van der Waals surface area contributed by atoms with Crippen molar-refractivity contribution in [3.8, 4) is 11.5 Å². The quantitative estimate of drug-likeness (QED) is 0.747. The SMILES string of the molecule is CCCNC(C)c1ccc(Oc2ccc(Br)c(F)c2)cc1. The van der Waals surface area contributed by atoms with E-state index in [1.807, 2.05) is 24.3 Å². The molecule has 2 aromatic carbocycles. The van der Waals surface area contributed by atoms with Crippen molar-refractivity contribution in [2.24, 2.45) is 0 Å². The summed E-state index contributed by atoms with van der Waals surface area (Å²) in [6, 6.07) is 12.9. The van der Waals surface area contributed by atoms with E-state index in [2.05, 4.69) is 35.1 Å². The fraction of sp³-hybridized carbons (Fsp3) is 0.294. The highest BCUT2D eigenvalue weighted by Gasteiger charge is 2.06. The van der Waals surface area contributed by atoms with Gasteiger partial charge in [-0.05, 0) is 65.6 Å². The maximum absolute atomic E-state index is 13.4. The van der Waals surface area contributed by atoms with Crippen LogP contribution in [0.4, 0.5) is 4.39 Å². The average Bonchev–Trinajstić information content (AvgIpc) is 2.49. The summed E-state index contributed by atoms with van der Waals surface area (Å²) in [7, 11) is 0. The van der Waals surface area contributed by atoms with Gasteiger partial charge >= 0.3 is 0 Å². The van der Waals surface area contributed by atoms with Crippen molar-refractivity contribution >= 4 is 15.9 Å². The second-order valence-corrected chi connectivity index (χ2v) is 5.78. The lowest BCUT2D eigenvalue weighted by molar-refractivity contribution is 0.475. The molecule has 0 aliphatic rings. The Bertz CT molecular complexity index is 586. The highest BCUT2D eigenvalue weighted by Crippen LogP contribution is 2.26. The van der Waals surface area contributed by atoms with Gasteiger partial charge in [0.25, 0.3) is 0 Å². The van der Waals surface area contributed by atoms with Gasteiger partial charge in [-0.25, -0.2) is 4.39 Å². The van der Waals surface area contributed by atoms with Gasteiger partial charge in [0.1, 0.15) is 17.3 Å². The van der Waals surface area contributed by atoms with Crippen LogP contribution in [-0.2, 0) is 0 Å². The molecule has 0 radical (unpaired) electrons. The molecule has 0 aromatic heterocycles. The first-order chi connectivity index (χ1) is 10.1. The summed E-state index contributed by atoms with van der Waals surface area (Å²) in [6.07, 6.45) is 1.11. The monoisotopic (exact) mass is 351 g/mol. The van der Waals surface area contributed by atoms with E-state index in [9.17, 15) is 4.39 Å². The third-order valence-electron chi connectivity index (χ3n) is 3.21.